The van der Waals surface area contributed by atoms with Crippen LogP contribution >= 0.6 is 0 Å². The van der Waals surface area contributed by atoms with Crippen LogP contribution in [0.1, 0.15) is 65.2 Å². The van der Waals surface area contributed by atoms with Gasteiger partial charge >= 0.3 is 0 Å². The second kappa shape index (κ2) is 6.40. The molecule has 1 unspecified atom stereocenters. The van der Waals surface area contributed by atoms with Crippen molar-refractivity contribution in [3.05, 3.63) is 12.7 Å². The van der Waals surface area contributed by atoms with Gasteiger partial charge in [0, 0.05) is 24.7 Å². The molecule has 0 aromatic rings. The van der Waals surface area contributed by atoms with Crippen LogP contribution in [0.5, 0.6) is 0 Å². The van der Waals surface area contributed by atoms with Gasteiger partial charge in [0.1, 0.15) is 5.78 Å². The molecule has 1 atom stereocenters. The molecule has 114 valence electrons. The van der Waals surface area contributed by atoms with Gasteiger partial charge in [-0.1, -0.05) is 26.3 Å². The monoisotopic (exact) mass is 280 g/mol. The summed E-state index contributed by atoms with van der Waals surface area (Å²) in [6.45, 7) is 8.44. The van der Waals surface area contributed by atoms with Crippen molar-refractivity contribution in [1.29, 1.82) is 0 Å². The van der Waals surface area contributed by atoms with Gasteiger partial charge in [-0.25, -0.2) is 0 Å². The Bertz CT molecular complexity index is 348. The van der Waals surface area contributed by atoms with Crippen LogP contribution in [0.3, 0.4) is 0 Å². The standard InChI is InChI=1S/C17H28O3/c1-4-5-9-14(18)16(2,3)15-10-13-19-17(20-15)11-7-6-8-12-17/h4,15H,1,5-13H2,2-3H3. The van der Waals surface area contributed by atoms with Crippen LogP contribution in [0.25, 0.3) is 0 Å². The Labute approximate surface area is 122 Å². The van der Waals surface area contributed by atoms with Crippen molar-refractivity contribution in [1.82, 2.24) is 0 Å². The van der Waals surface area contributed by atoms with Crippen molar-refractivity contribution in [2.24, 2.45) is 5.41 Å². The average Bonchev–Trinajstić information content (AvgIpc) is 2.45. The molecular weight excluding hydrogens is 252 g/mol. The van der Waals surface area contributed by atoms with E-state index in [-0.39, 0.29) is 11.9 Å². The molecule has 20 heavy (non-hydrogen) atoms. The Morgan fingerprint density at radius 2 is 2.05 bits per heavy atom. The number of hydrogen-bond donors (Lipinski definition) is 0. The first-order chi connectivity index (χ1) is 9.50. The molecule has 0 radical (unpaired) electrons. The molecule has 0 aromatic carbocycles. The second-order valence-electron chi connectivity index (χ2n) is 6.69. The van der Waals surface area contributed by atoms with Crippen LogP contribution in [0.4, 0.5) is 0 Å². The predicted octanol–water partition coefficient (Wildman–Crippen LogP) is 4.01. The molecule has 2 fully saturated rings. The van der Waals surface area contributed by atoms with Crippen LogP contribution < -0.4 is 0 Å². The van der Waals surface area contributed by atoms with Crippen molar-refractivity contribution in [2.45, 2.75) is 77.1 Å². The van der Waals surface area contributed by atoms with E-state index in [1.165, 1.54) is 6.42 Å². The van der Waals surface area contributed by atoms with E-state index in [4.69, 9.17) is 9.47 Å². The summed E-state index contributed by atoms with van der Waals surface area (Å²) < 4.78 is 12.3. The first-order valence-electron chi connectivity index (χ1n) is 7.96. The predicted molar refractivity (Wildman–Crippen MR) is 79.5 cm³/mol. The minimum absolute atomic E-state index is 0.0216. The van der Waals surface area contributed by atoms with E-state index in [0.717, 1.165) is 38.5 Å². The maximum absolute atomic E-state index is 12.4. The average molecular weight is 280 g/mol. The lowest BCUT2D eigenvalue weighted by Crippen LogP contribution is -2.52. The molecule has 1 aliphatic heterocycles. The third-order valence-electron chi connectivity index (χ3n) is 4.82. The zero-order valence-electron chi connectivity index (χ0n) is 13.0. The normalized spacial score (nSPS) is 26.4. The molecule has 1 heterocycles. The minimum Gasteiger partial charge on any atom is -0.350 e. The van der Waals surface area contributed by atoms with Gasteiger partial charge in [-0.2, -0.15) is 0 Å². The van der Waals surface area contributed by atoms with Crippen LogP contribution in [-0.4, -0.2) is 24.3 Å². The van der Waals surface area contributed by atoms with Gasteiger partial charge in [0.05, 0.1) is 12.7 Å². The van der Waals surface area contributed by atoms with Gasteiger partial charge in [-0.3, -0.25) is 4.79 Å². The van der Waals surface area contributed by atoms with Crippen molar-refractivity contribution >= 4 is 5.78 Å². The van der Waals surface area contributed by atoms with Gasteiger partial charge < -0.3 is 9.47 Å². The molecule has 2 aliphatic rings. The van der Waals surface area contributed by atoms with Crippen molar-refractivity contribution in [2.75, 3.05) is 6.61 Å². The summed E-state index contributed by atoms with van der Waals surface area (Å²) in [6, 6.07) is 0. The lowest BCUT2D eigenvalue weighted by molar-refractivity contribution is -0.318. The SMILES string of the molecule is C=CCCC(=O)C(C)(C)C1CCOC2(CCCCC2)O1. The number of carbonyl (C=O) groups excluding carboxylic acids is 1. The highest BCUT2D eigenvalue weighted by Crippen LogP contribution is 2.42. The minimum atomic E-state index is -0.433. The highest BCUT2D eigenvalue weighted by Gasteiger charge is 2.46. The number of carbonyl (C=O) groups is 1. The molecule has 1 saturated heterocycles. The third-order valence-corrected chi connectivity index (χ3v) is 4.82. The summed E-state index contributed by atoms with van der Waals surface area (Å²) in [5.41, 5.74) is -0.433. The van der Waals surface area contributed by atoms with Gasteiger partial charge in [0.25, 0.3) is 0 Å². The largest absolute Gasteiger partial charge is 0.350 e. The molecule has 1 saturated carbocycles. The van der Waals surface area contributed by atoms with Gasteiger partial charge in [-0.05, 0) is 25.7 Å². The number of ketones is 1. The van der Waals surface area contributed by atoms with E-state index in [2.05, 4.69) is 6.58 Å². The van der Waals surface area contributed by atoms with Gasteiger partial charge in [0.15, 0.2) is 5.79 Å². The maximum atomic E-state index is 12.4. The summed E-state index contributed by atoms with van der Waals surface area (Å²) in [7, 11) is 0. The summed E-state index contributed by atoms with van der Waals surface area (Å²) in [4.78, 5) is 12.4. The molecule has 2 rings (SSSR count). The quantitative estimate of drug-likeness (QED) is 0.714. The topological polar surface area (TPSA) is 35.5 Å². The first-order valence-corrected chi connectivity index (χ1v) is 7.96. The smallest absolute Gasteiger partial charge is 0.168 e. The Morgan fingerprint density at radius 3 is 2.70 bits per heavy atom. The molecular formula is C17H28O3. The highest BCUT2D eigenvalue weighted by atomic mass is 16.7. The third kappa shape index (κ3) is 3.32. The molecule has 3 nitrogen and oxygen atoms in total. The summed E-state index contributed by atoms with van der Waals surface area (Å²) >= 11 is 0. The Kier molecular flexibility index (Phi) is 5.03. The number of rotatable bonds is 5. The van der Waals surface area contributed by atoms with Crippen molar-refractivity contribution in [3.8, 4) is 0 Å². The molecule has 0 N–H and O–H groups in total. The Hall–Kier alpha value is -0.670. The summed E-state index contributed by atoms with van der Waals surface area (Å²) in [5, 5.41) is 0. The van der Waals surface area contributed by atoms with Crippen LogP contribution in [0.2, 0.25) is 0 Å². The highest BCUT2D eigenvalue weighted by molar-refractivity contribution is 5.84. The van der Waals surface area contributed by atoms with E-state index in [1.807, 2.05) is 13.8 Å². The summed E-state index contributed by atoms with van der Waals surface area (Å²) in [6.07, 6.45) is 9.44. The number of ether oxygens (including phenoxy) is 2. The second-order valence-corrected chi connectivity index (χ2v) is 6.69. The fourth-order valence-electron chi connectivity index (χ4n) is 3.30. The fraction of sp³-hybridized carbons (Fsp3) is 0.824. The van der Waals surface area contributed by atoms with E-state index >= 15 is 0 Å². The molecule has 3 heteroatoms. The first kappa shape index (κ1) is 15.7. The van der Waals surface area contributed by atoms with Crippen LogP contribution in [-0.2, 0) is 14.3 Å². The number of allylic oxidation sites excluding steroid dienone is 1. The lowest BCUT2D eigenvalue weighted by Gasteiger charge is -2.47. The van der Waals surface area contributed by atoms with Gasteiger partial charge in [0.2, 0.25) is 0 Å². The maximum Gasteiger partial charge on any atom is 0.168 e. The molecule has 0 bridgehead atoms. The van der Waals surface area contributed by atoms with Crippen LogP contribution in [0, 0.1) is 5.41 Å². The van der Waals surface area contributed by atoms with E-state index in [9.17, 15) is 4.79 Å². The van der Waals surface area contributed by atoms with Crippen molar-refractivity contribution in [3.63, 3.8) is 0 Å². The molecule has 1 spiro atoms. The van der Waals surface area contributed by atoms with Gasteiger partial charge in [-0.15, -0.1) is 6.58 Å². The van der Waals surface area contributed by atoms with E-state index < -0.39 is 11.2 Å². The zero-order chi connectivity index (χ0) is 14.6. The summed E-state index contributed by atoms with van der Waals surface area (Å²) in [5.74, 6) is -0.132. The lowest BCUT2D eigenvalue weighted by atomic mass is 9.78. The molecule has 0 aromatic heterocycles. The van der Waals surface area contributed by atoms with E-state index in [0.29, 0.717) is 13.0 Å². The van der Waals surface area contributed by atoms with Crippen molar-refractivity contribution < 1.29 is 14.3 Å². The fourth-order valence-corrected chi connectivity index (χ4v) is 3.30. The number of Topliss-reactive ketones (excluding diaryl/α,β-unsaturated/α-hetero) is 1. The number of hydrogen-bond acceptors (Lipinski definition) is 3. The van der Waals surface area contributed by atoms with Crippen LogP contribution in [0.15, 0.2) is 12.7 Å². The Morgan fingerprint density at radius 1 is 1.35 bits per heavy atom. The Balaban J connectivity index is 2.03. The zero-order valence-corrected chi connectivity index (χ0v) is 13.0. The van der Waals surface area contributed by atoms with E-state index in [1.54, 1.807) is 6.08 Å². The molecule has 0 amide bonds. The molecule has 1 aliphatic carbocycles.